The van der Waals surface area contributed by atoms with E-state index in [9.17, 15) is 0 Å². The van der Waals surface area contributed by atoms with Crippen molar-refractivity contribution >= 4 is 5.69 Å². The molecule has 0 atom stereocenters. The van der Waals surface area contributed by atoms with Gasteiger partial charge in [0.25, 0.3) is 0 Å². The van der Waals surface area contributed by atoms with Crippen LogP contribution in [0.25, 0.3) is 11.5 Å². The summed E-state index contributed by atoms with van der Waals surface area (Å²) in [4.78, 5) is 8.62. The van der Waals surface area contributed by atoms with Gasteiger partial charge in [0.15, 0.2) is 5.82 Å². The summed E-state index contributed by atoms with van der Waals surface area (Å²) in [6.45, 7) is 6.47. The molecule has 0 bridgehead atoms. The van der Waals surface area contributed by atoms with Crippen LogP contribution in [-0.2, 0) is 19.6 Å². The van der Waals surface area contributed by atoms with Gasteiger partial charge >= 0.3 is 0 Å². The SMILES string of the molecule is Cc1cnccc1NCCn1ccnc1-c1cc2n(n1)CCNC2. The fourth-order valence-corrected chi connectivity index (χ4v) is 3.01. The summed E-state index contributed by atoms with van der Waals surface area (Å²) in [7, 11) is 0. The molecule has 7 nitrogen and oxygen atoms in total. The lowest BCUT2D eigenvalue weighted by Gasteiger charge is -2.13. The first-order valence-electron chi connectivity index (χ1n) is 8.25. The Morgan fingerprint density at radius 1 is 1.33 bits per heavy atom. The number of hydrogen-bond acceptors (Lipinski definition) is 5. The standard InChI is InChI=1S/C17H21N7/c1-13-11-18-3-2-15(13)20-5-7-23-8-6-21-17(23)16-10-14-12-19-4-9-24(14)22-16/h2-3,6,8,10-11,19H,4-5,7,9,12H2,1H3,(H,18,20). The number of rotatable bonds is 5. The van der Waals surface area contributed by atoms with E-state index in [2.05, 4.69) is 42.8 Å². The molecule has 1 aliphatic rings. The van der Waals surface area contributed by atoms with Crippen LogP contribution in [0, 0.1) is 6.92 Å². The summed E-state index contributed by atoms with van der Waals surface area (Å²) < 4.78 is 4.22. The Morgan fingerprint density at radius 3 is 3.17 bits per heavy atom. The van der Waals surface area contributed by atoms with Crippen LogP contribution in [0.4, 0.5) is 5.69 Å². The van der Waals surface area contributed by atoms with E-state index in [1.165, 1.54) is 5.69 Å². The summed E-state index contributed by atoms with van der Waals surface area (Å²) in [5.41, 5.74) is 4.43. The van der Waals surface area contributed by atoms with Crippen molar-refractivity contribution in [1.82, 2.24) is 29.6 Å². The molecule has 0 saturated carbocycles. The number of fused-ring (bicyclic) bond motifs is 1. The van der Waals surface area contributed by atoms with E-state index in [0.717, 1.165) is 55.5 Å². The van der Waals surface area contributed by atoms with Gasteiger partial charge in [0.2, 0.25) is 0 Å². The van der Waals surface area contributed by atoms with Gasteiger partial charge in [-0.15, -0.1) is 0 Å². The first-order chi connectivity index (χ1) is 11.8. The van der Waals surface area contributed by atoms with E-state index in [1.807, 2.05) is 30.9 Å². The highest BCUT2D eigenvalue weighted by Gasteiger charge is 2.15. The Labute approximate surface area is 140 Å². The van der Waals surface area contributed by atoms with Gasteiger partial charge in [-0.2, -0.15) is 5.10 Å². The number of pyridine rings is 1. The quantitative estimate of drug-likeness (QED) is 0.747. The molecule has 0 saturated heterocycles. The molecule has 0 spiro atoms. The number of hydrogen-bond donors (Lipinski definition) is 2. The molecule has 3 aromatic rings. The van der Waals surface area contributed by atoms with Crippen molar-refractivity contribution in [1.29, 1.82) is 0 Å². The molecule has 1 aliphatic heterocycles. The highest BCUT2D eigenvalue weighted by molar-refractivity contribution is 5.51. The third kappa shape index (κ3) is 2.90. The van der Waals surface area contributed by atoms with Crippen molar-refractivity contribution in [3.05, 3.63) is 48.2 Å². The van der Waals surface area contributed by atoms with Crippen molar-refractivity contribution in [2.45, 2.75) is 26.6 Å². The van der Waals surface area contributed by atoms with Gasteiger partial charge in [-0.3, -0.25) is 9.67 Å². The molecule has 124 valence electrons. The highest BCUT2D eigenvalue weighted by atomic mass is 15.3. The molecule has 0 aromatic carbocycles. The fraction of sp³-hybridized carbons (Fsp3) is 0.353. The van der Waals surface area contributed by atoms with Crippen LogP contribution >= 0.6 is 0 Å². The predicted octanol–water partition coefficient (Wildman–Crippen LogP) is 1.67. The molecule has 24 heavy (non-hydrogen) atoms. The Kier molecular flexibility index (Phi) is 4.00. The Morgan fingerprint density at radius 2 is 2.29 bits per heavy atom. The second-order valence-electron chi connectivity index (χ2n) is 5.98. The third-order valence-corrected chi connectivity index (χ3v) is 4.30. The van der Waals surface area contributed by atoms with Crippen molar-refractivity contribution in [3.8, 4) is 11.5 Å². The van der Waals surface area contributed by atoms with Gasteiger partial charge in [0.05, 0.1) is 12.2 Å². The van der Waals surface area contributed by atoms with Crippen LogP contribution in [0.15, 0.2) is 36.9 Å². The second-order valence-corrected chi connectivity index (χ2v) is 5.98. The summed E-state index contributed by atoms with van der Waals surface area (Å²) in [6, 6.07) is 4.13. The number of anilines is 1. The molecule has 0 amide bonds. The maximum atomic E-state index is 4.70. The highest BCUT2D eigenvalue weighted by Crippen LogP contribution is 2.19. The Balaban J connectivity index is 1.47. The zero-order chi connectivity index (χ0) is 16.4. The number of nitrogens with zero attached hydrogens (tertiary/aromatic N) is 5. The lowest BCUT2D eigenvalue weighted by molar-refractivity contribution is 0.476. The molecule has 0 unspecified atom stereocenters. The van der Waals surface area contributed by atoms with Crippen LogP contribution in [0.2, 0.25) is 0 Å². The number of aryl methyl sites for hydroxylation is 1. The summed E-state index contributed by atoms with van der Waals surface area (Å²) in [6.07, 6.45) is 7.52. The zero-order valence-corrected chi connectivity index (χ0v) is 13.7. The summed E-state index contributed by atoms with van der Waals surface area (Å²) >= 11 is 0. The van der Waals surface area contributed by atoms with Crippen molar-refractivity contribution in [2.24, 2.45) is 0 Å². The first kappa shape index (κ1) is 14.9. The van der Waals surface area contributed by atoms with Crippen LogP contribution in [0.3, 0.4) is 0 Å². The predicted molar refractivity (Wildman–Crippen MR) is 92.6 cm³/mol. The van der Waals surface area contributed by atoms with Gasteiger partial charge in [0.1, 0.15) is 5.69 Å². The van der Waals surface area contributed by atoms with Crippen molar-refractivity contribution < 1.29 is 0 Å². The van der Waals surface area contributed by atoms with Gasteiger partial charge in [-0.05, 0) is 24.6 Å². The van der Waals surface area contributed by atoms with E-state index >= 15 is 0 Å². The smallest absolute Gasteiger partial charge is 0.160 e. The number of imidazole rings is 1. The Bertz CT molecular complexity index is 810. The van der Waals surface area contributed by atoms with Crippen molar-refractivity contribution in [3.63, 3.8) is 0 Å². The van der Waals surface area contributed by atoms with Gasteiger partial charge in [0, 0.05) is 56.7 Å². The molecule has 0 radical (unpaired) electrons. The molecule has 4 rings (SSSR count). The monoisotopic (exact) mass is 323 g/mol. The van der Waals surface area contributed by atoms with Gasteiger partial charge in [-0.1, -0.05) is 0 Å². The second kappa shape index (κ2) is 6.45. The van der Waals surface area contributed by atoms with Crippen LogP contribution in [0.1, 0.15) is 11.3 Å². The van der Waals surface area contributed by atoms with Gasteiger partial charge in [-0.25, -0.2) is 4.98 Å². The van der Waals surface area contributed by atoms with Crippen molar-refractivity contribution in [2.75, 3.05) is 18.4 Å². The molecular formula is C17H21N7. The maximum absolute atomic E-state index is 4.70. The maximum Gasteiger partial charge on any atom is 0.160 e. The van der Waals surface area contributed by atoms with E-state index in [-0.39, 0.29) is 0 Å². The lowest BCUT2D eigenvalue weighted by atomic mass is 10.2. The minimum absolute atomic E-state index is 0.823. The molecular weight excluding hydrogens is 302 g/mol. The first-order valence-corrected chi connectivity index (χ1v) is 8.25. The molecule has 4 heterocycles. The number of aromatic nitrogens is 5. The van der Waals surface area contributed by atoms with Crippen LogP contribution in [-0.4, -0.2) is 37.4 Å². The number of nitrogens with one attached hydrogen (secondary N) is 2. The topological polar surface area (TPSA) is 72.6 Å². The van der Waals surface area contributed by atoms with Crippen LogP contribution in [0.5, 0.6) is 0 Å². The molecule has 0 fully saturated rings. The average Bonchev–Trinajstić information content (AvgIpc) is 3.22. The van der Waals surface area contributed by atoms with E-state index < -0.39 is 0 Å². The molecule has 3 aromatic heterocycles. The summed E-state index contributed by atoms with van der Waals surface area (Å²) in [5, 5.41) is 11.5. The largest absolute Gasteiger partial charge is 0.383 e. The summed E-state index contributed by atoms with van der Waals surface area (Å²) in [5.74, 6) is 0.921. The third-order valence-electron chi connectivity index (χ3n) is 4.30. The van der Waals surface area contributed by atoms with E-state index in [0.29, 0.717) is 0 Å². The minimum atomic E-state index is 0.823. The molecule has 0 aliphatic carbocycles. The Hall–Kier alpha value is -2.67. The lowest BCUT2D eigenvalue weighted by Crippen LogP contribution is -2.28. The van der Waals surface area contributed by atoms with E-state index in [4.69, 9.17) is 5.10 Å². The minimum Gasteiger partial charge on any atom is -0.383 e. The average molecular weight is 323 g/mol. The normalized spacial score (nSPS) is 13.7. The van der Waals surface area contributed by atoms with Crippen LogP contribution < -0.4 is 10.6 Å². The van der Waals surface area contributed by atoms with E-state index in [1.54, 1.807) is 0 Å². The molecule has 2 N–H and O–H groups in total. The van der Waals surface area contributed by atoms with Gasteiger partial charge < -0.3 is 15.2 Å². The molecule has 7 heteroatoms. The fourth-order valence-electron chi connectivity index (χ4n) is 3.01. The zero-order valence-electron chi connectivity index (χ0n) is 13.7.